The summed E-state index contributed by atoms with van der Waals surface area (Å²) in [7, 11) is 1.69. The first-order valence-corrected chi connectivity index (χ1v) is 11.4. The van der Waals surface area contributed by atoms with Crippen LogP contribution < -0.4 is 20.9 Å². The molecule has 0 spiro atoms. The SMILES string of the molecule is C[C@H]1CC(=O)Nc2ccccc2N1C(=O)CN(C)CC(=O)Nc1cccc(C(=O)NC2CC2)c1. The van der Waals surface area contributed by atoms with Gasteiger partial charge in [-0.25, -0.2) is 0 Å². The van der Waals surface area contributed by atoms with Crippen molar-refractivity contribution < 1.29 is 19.2 Å². The van der Waals surface area contributed by atoms with Crippen LogP contribution in [0.3, 0.4) is 0 Å². The first-order valence-electron chi connectivity index (χ1n) is 11.4. The van der Waals surface area contributed by atoms with Gasteiger partial charge >= 0.3 is 0 Å². The molecule has 34 heavy (non-hydrogen) atoms. The predicted molar refractivity (Wildman–Crippen MR) is 130 cm³/mol. The second kappa shape index (κ2) is 10.0. The van der Waals surface area contributed by atoms with E-state index < -0.39 is 0 Å². The molecule has 1 atom stereocenters. The molecule has 2 aromatic carbocycles. The fraction of sp³-hybridized carbons (Fsp3) is 0.360. The van der Waals surface area contributed by atoms with E-state index in [2.05, 4.69) is 16.0 Å². The fourth-order valence-corrected chi connectivity index (χ4v) is 4.01. The maximum atomic E-state index is 13.2. The number of benzene rings is 2. The Kier molecular flexibility index (Phi) is 6.93. The minimum Gasteiger partial charge on any atom is -0.349 e. The van der Waals surface area contributed by atoms with Crippen molar-refractivity contribution in [1.82, 2.24) is 10.2 Å². The number of anilines is 3. The van der Waals surface area contributed by atoms with Crippen molar-refractivity contribution in [3.8, 4) is 0 Å². The summed E-state index contributed by atoms with van der Waals surface area (Å²) < 4.78 is 0. The zero-order chi connectivity index (χ0) is 24.2. The Morgan fingerprint density at radius 3 is 2.62 bits per heavy atom. The monoisotopic (exact) mass is 463 g/mol. The average molecular weight is 464 g/mol. The minimum atomic E-state index is -0.317. The van der Waals surface area contributed by atoms with Crippen molar-refractivity contribution in [2.24, 2.45) is 0 Å². The lowest BCUT2D eigenvalue weighted by Crippen LogP contribution is -2.45. The van der Waals surface area contributed by atoms with E-state index in [1.165, 1.54) is 0 Å². The van der Waals surface area contributed by atoms with Gasteiger partial charge in [-0.2, -0.15) is 0 Å². The van der Waals surface area contributed by atoms with Gasteiger partial charge < -0.3 is 20.9 Å². The minimum absolute atomic E-state index is 0.00409. The number of rotatable bonds is 7. The van der Waals surface area contributed by atoms with Gasteiger partial charge in [0.05, 0.1) is 24.5 Å². The molecule has 2 aliphatic rings. The molecule has 178 valence electrons. The summed E-state index contributed by atoms with van der Waals surface area (Å²) in [5.74, 6) is -0.793. The van der Waals surface area contributed by atoms with Crippen LogP contribution in [-0.2, 0) is 14.4 Å². The summed E-state index contributed by atoms with van der Waals surface area (Å²) >= 11 is 0. The molecule has 4 amide bonds. The lowest BCUT2D eigenvalue weighted by atomic mass is 10.1. The standard InChI is InChI=1S/C25H29N5O4/c1-16-12-22(31)28-20-8-3-4-9-21(20)30(16)24(33)15-29(2)14-23(32)26-19-7-5-6-17(13-19)25(34)27-18-10-11-18/h3-9,13,16,18H,10-12,14-15H2,1-2H3,(H,26,32)(H,27,34)(H,28,31)/t16-/m0/s1. The maximum absolute atomic E-state index is 13.2. The second-order valence-corrected chi connectivity index (χ2v) is 8.93. The van der Waals surface area contributed by atoms with E-state index in [1.54, 1.807) is 59.3 Å². The highest BCUT2D eigenvalue weighted by Gasteiger charge is 2.30. The Labute approximate surface area is 198 Å². The summed E-state index contributed by atoms with van der Waals surface area (Å²) in [6, 6.07) is 13.9. The van der Waals surface area contributed by atoms with Gasteiger partial charge in [0.15, 0.2) is 0 Å². The van der Waals surface area contributed by atoms with Crippen LogP contribution in [-0.4, -0.2) is 60.7 Å². The molecule has 9 heteroatoms. The van der Waals surface area contributed by atoms with Crippen molar-refractivity contribution in [3.63, 3.8) is 0 Å². The summed E-state index contributed by atoms with van der Waals surface area (Å²) in [5, 5.41) is 8.55. The molecule has 0 aromatic heterocycles. The van der Waals surface area contributed by atoms with Crippen LogP contribution in [0.2, 0.25) is 0 Å². The van der Waals surface area contributed by atoms with Crippen LogP contribution in [0.15, 0.2) is 48.5 Å². The van der Waals surface area contributed by atoms with Gasteiger partial charge in [-0.3, -0.25) is 24.1 Å². The number of carbonyl (C=O) groups is 4. The van der Waals surface area contributed by atoms with Gasteiger partial charge in [0.25, 0.3) is 5.91 Å². The second-order valence-electron chi connectivity index (χ2n) is 8.93. The van der Waals surface area contributed by atoms with Gasteiger partial charge in [-0.05, 0) is 57.1 Å². The molecule has 0 bridgehead atoms. The number of nitrogens with zero attached hydrogens (tertiary/aromatic N) is 2. The number of hydrogen-bond acceptors (Lipinski definition) is 5. The number of para-hydroxylation sites is 2. The maximum Gasteiger partial charge on any atom is 0.251 e. The molecule has 3 N–H and O–H groups in total. The van der Waals surface area contributed by atoms with Crippen LogP contribution in [0, 0.1) is 0 Å². The highest BCUT2D eigenvalue weighted by molar-refractivity contribution is 6.05. The van der Waals surface area contributed by atoms with Gasteiger partial charge in [0.1, 0.15) is 0 Å². The molecule has 1 saturated carbocycles. The van der Waals surface area contributed by atoms with E-state index in [0.717, 1.165) is 12.8 Å². The predicted octanol–water partition coefficient (Wildman–Crippen LogP) is 2.21. The summed E-state index contributed by atoms with van der Waals surface area (Å²) in [6.07, 6.45) is 2.19. The fourth-order valence-electron chi connectivity index (χ4n) is 4.01. The Bertz CT molecular complexity index is 1110. The molecule has 1 fully saturated rings. The number of hydrogen-bond donors (Lipinski definition) is 3. The van der Waals surface area contributed by atoms with Gasteiger partial charge in [-0.1, -0.05) is 18.2 Å². The quantitative estimate of drug-likeness (QED) is 0.583. The molecule has 0 unspecified atom stereocenters. The van der Waals surface area contributed by atoms with Crippen molar-refractivity contribution in [2.75, 3.05) is 35.7 Å². The van der Waals surface area contributed by atoms with E-state index in [4.69, 9.17) is 0 Å². The Morgan fingerprint density at radius 1 is 1.09 bits per heavy atom. The van der Waals surface area contributed by atoms with Crippen LogP contribution in [0.1, 0.15) is 36.5 Å². The van der Waals surface area contributed by atoms with E-state index >= 15 is 0 Å². The zero-order valence-electron chi connectivity index (χ0n) is 19.3. The number of likely N-dealkylation sites (N-methyl/N-ethyl adjacent to an activating group) is 1. The summed E-state index contributed by atoms with van der Waals surface area (Å²) in [4.78, 5) is 53.4. The molecular weight excluding hydrogens is 434 g/mol. The van der Waals surface area contributed by atoms with E-state index in [0.29, 0.717) is 22.6 Å². The third-order valence-electron chi connectivity index (χ3n) is 5.77. The van der Waals surface area contributed by atoms with Crippen LogP contribution in [0.5, 0.6) is 0 Å². The van der Waals surface area contributed by atoms with Crippen LogP contribution in [0.25, 0.3) is 0 Å². The van der Waals surface area contributed by atoms with Gasteiger partial charge in [-0.15, -0.1) is 0 Å². The van der Waals surface area contributed by atoms with Gasteiger partial charge in [0.2, 0.25) is 17.7 Å². The first-order chi connectivity index (χ1) is 16.3. The molecule has 9 nitrogen and oxygen atoms in total. The number of fused-ring (bicyclic) bond motifs is 1. The molecule has 1 aliphatic carbocycles. The normalized spacial score (nSPS) is 17.4. The van der Waals surface area contributed by atoms with Crippen LogP contribution in [0.4, 0.5) is 17.1 Å². The Hall–Kier alpha value is -3.72. The third-order valence-corrected chi connectivity index (χ3v) is 5.77. The summed E-state index contributed by atoms with van der Waals surface area (Å²) in [5.41, 5.74) is 2.25. The van der Waals surface area contributed by atoms with Crippen molar-refractivity contribution in [2.45, 2.75) is 38.3 Å². The lowest BCUT2D eigenvalue weighted by molar-refractivity contribution is -0.121. The molecule has 1 aliphatic heterocycles. The number of amides is 4. The van der Waals surface area contributed by atoms with Crippen LogP contribution >= 0.6 is 0 Å². The summed E-state index contributed by atoms with van der Waals surface area (Å²) in [6.45, 7) is 1.83. The Morgan fingerprint density at radius 2 is 1.85 bits per heavy atom. The molecule has 4 rings (SSSR count). The van der Waals surface area contributed by atoms with E-state index in [1.807, 2.05) is 13.0 Å². The van der Waals surface area contributed by atoms with E-state index in [9.17, 15) is 19.2 Å². The van der Waals surface area contributed by atoms with E-state index in [-0.39, 0.29) is 55.2 Å². The van der Waals surface area contributed by atoms with Crippen molar-refractivity contribution in [1.29, 1.82) is 0 Å². The lowest BCUT2D eigenvalue weighted by Gasteiger charge is -2.29. The number of carbonyl (C=O) groups excluding carboxylic acids is 4. The highest BCUT2D eigenvalue weighted by atomic mass is 16.2. The molecule has 0 saturated heterocycles. The zero-order valence-corrected chi connectivity index (χ0v) is 19.3. The Balaban J connectivity index is 1.35. The van der Waals surface area contributed by atoms with Crippen molar-refractivity contribution in [3.05, 3.63) is 54.1 Å². The number of nitrogens with one attached hydrogen (secondary N) is 3. The largest absolute Gasteiger partial charge is 0.349 e. The van der Waals surface area contributed by atoms with Gasteiger partial charge in [0, 0.05) is 29.8 Å². The molecule has 2 aromatic rings. The molecule has 0 radical (unpaired) electrons. The third kappa shape index (κ3) is 5.79. The first kappa shape index (κ1) is 23.4. The molecular formula is C25H29N5O4. The average Bonchev–Trinajstić information content (AvgIpc) is 3.59. The highest BCUT2D eigenvalue weighted by Crippen LogP contribution is 2.31. The smallest absolute Gasteiger partial charge is 0.251 e. The van der Waals surface area contributed by atoms with Crippen molar-refractivity contribution >= 4 is 40.7 Å². The molecule has 1 heterocycles. The topological polar surface area (TPSA) is 111 Å².